The van der Waals surface area contributed by atoms with Gasteiger partial charge in [0.05, 0.1) is 5.97 Å². The topological polar surface area (TPSA) is 78.5 Å². The maximum absolute atomic E-state index is 12.2. The van der Waals surface area contributed by atoms with E-state index < -0.39 is 5.97 Å². The van der Waals surface area contributed by atoms with E-state index in [2.05, 4.69) is 5.32 Å². The Morgan fingerprint density at radius 3 is 1.88 bits per heavy atom. The van der Waals surface area contributed by atoms with E-state index in [-0.39, 0.29) is 11.5 Å². The zero-order valence-corrected chi connectivity index (χ0v) is 13.1. The van der Waals surface area contributed by atoms with E-state index in [4.69, 9.17) is 4.74 Å². The molecule has 0 bridgehead atoms. The van der Waals surface area contributed by atoms with E-state index in [1.807, 2.05) is 30.3 Å². The molecule has 0 saturated carbocycles. The van der Waals surface area contributed by atoms with Gasteiger partial charge in [-0.25, -0.2) is 0 Å². The largest absolute Gasteiger partial charge is 0.545 e. The molecule has 0 aliphatic carbocycles. The summed E-state index contributed by atoms with van der Waals surface area (Å²) in [7, 11) is 0. The molecule has 25 heavy (non-hydrogen) atoms. The second kappa shape index (κ2) is 7.31. The Morgan fingerprint density at radius 2 is 1.28 bits per heavy atom. The van der Waals surface area contributed by atoms with E-state index in [9.17, 15) is 14.7 Å². The molecule has 124 valence electrons. The maximum atomic E-state index is 12.2. The molecule has 1 amide bonds. The van der Waals surface area contributed by atoms with Gasteiger partial charge < -0.3 is 20.0 Å². The number of ether oxygens (including phenoxy) is 1. The monoisotopic (exact) mass is 332 g/mol. The van der Waals surface area contributed by atoms with Crippen molar-refractivity contribution in [3.05, 3.63) is 90.0 Å². The number of nitrogens with one attached hydrogen (secondary N) is 1. The fourth-order valence-electron chi connectivity index (χ4n) is 2.19. The van der Waals surface area contributed by atoms with Crippen LogP contribution >= 0.6 is 0 Å². The third kappa shape index (κ3) is 4.23. The van der Waals surface area contributed by atoms with Crippen LogP contribution < -0.4 is 15.2 Å². The Kier molecular flexibility index (Phi) is 4.76. The summed E-state index contributed by atoms with van der Waals surface area (Å²) in [6, 6.07) is 21.9. The summed E-state index contributed by atoms with van der Waals surface area (Å²) in [4.78, 5) is 22.9. The van der Waals surface area contributed by atoms with Gasteiger partial charge in [0.1, 0.15) is 11.5 Å². The lowest BCUT2D eigenvalue weighted by Crippen LogP contribution is -2.22. The van der Waals surface area contributed by atoms with Crippen molar-refractivity contribution in [1.29, 1.82) is 0 Å². The first kappa shape index (κ1) is 16.3. The summed E-state index contributed by atoms with van der Waals surface area (Å²) >= 11 is 0. The van der Waals surface area contributed by atoms with Crippen molar-refractivity contribution in [3.63, 3.8) is 0 Å². The van der Waals surface area contributed by atoms with Crippen LogP contribution in [0.1, 0.15) is 20.7 Å². The number of benzene rings is 3. The molecule has 0 fully saturated rings. The number of rotatable bonds is 5. The van der Waals surface area contributed by atoms with Crippen LogP contribution in [0.5, 0.6) is 11.5 Å². The smallest absolute Gasteiger partial charge is 0.255 e. The van der Waals surface area contributed by atoms with Crippen molar-refractivity contribution in [3.8, 4) is 11.5 Å². The van der Waals surface area contributed by atoms with E-state index in [0.717, 1.165) is 0 Å². The lowest BCUT2D eigenvalue weighted by Gasteiger charge is -2.08. The van der Waals surface area contributed by atoms with Crippen molar-refractivity contribution in [2.45, 2.75) is 0 Å². The average Bonchev–Trinajstić information content (AvgIpc) is 2.63. The van der Waals surface area contributed by atoms with Crippen molar-refractivity contribution < 1.29 is 19.4 Å². The predicted octanol–water partition coefficient (Wildman–Crippen LogP) is 3.09. The summed E-state index contributed by atoms with van der Waals surface area (Å²) in [5.74, 6) is -0.215. The number of anilines is 1. The summed E-state index contributed by atoms with van der Waals surface area (Å²) in [6.07, 6.45) is 0. The molecule has 3 rings (SSSR count). The Hall–Kier alpha value is -3.60. The molecule has 0 aromatic heterocycles. The standard InChI is InChI=1S/C20H15NO4/c22-19(21-16-10-6-15(7-11-16)20(23)24)14-8-12-18(13-9-14)25-17-4-2-1-3-5-17/h1-13H,(H,21,22)(H,23,24)/p-1. The van der Waals surface area contributed by atoms with Crippen LogP contribution in [-0.4, -0.2) is 11.9 Å². The van der Waals surface area contributed by atoms with Crippen LogP contribution in [-0.2, 0) is 0 Å². The molecule has 0 aliphatic heterocycles. The zero-order valence-electron chi connectivity index (χ0n) is 13.1. The highest BCUT2D eigenvalue weighted by molar-refractivity contribution is 6.04. The second-order valence-corrected chi connectivity index (χ2v) is 5.26. The van der Waals surface area contributed by atoms with Gasteiger partial charge in [0.25, 0.3) is 5.91 Å². The predicted molar refractivity (Wildman–Crippen MR) is 91.7 cm³/mol. The number of amides is 1. The number of hydrogen-bond acceptors (Lipinski definition) is 4. The van der Waals surface area contributed by atoms with Gasteiger partial charge in [0.15, 0.2) is 0 Å². The molecule has 5 nitrogen and oxygen atoms in total. The molecule has 0 radical (unpaired) electrons. The normalized spacial score (nSPS) is 10.1. The van der Waals surface area contributed by atoms with Crippen LogP contribution in [0.3, 0.4) is 0 Å². The third-order valence-electron chi connectivity index (χ3n) is 3.47. The minimum absolute atomic E-state index is 0.0559. The molecule has 5 heteroatoms. The van der Waals surface area contributed by atoms with Gasteiger partial charge in [-0.15, -0.1) is 0 Å². The minimum atomic E-state index is -1.26. The van der Waals surface area contributed by atoms with Gasteiger partial charge in [0, 0.05) is 11.3 Å². The van der Waals surface area contributed by atoms with Crippen molar-refractivity contribution >= 4 is 17.6 Å². The van der Waals surface area contributed by atoms with Gasteiger partial charge in [-0.3, -0.25) is 4.79 Å². The fraction of sp³-hybridized carbons (Fsp3) is 0. The average molecular weight is 332 g/mol. The van der Waals surface area contributed by atoms with E-state index in [1.165, 1.54) is 24.3 Å². The summed E-state index contributed by atoms with van der Waals surface area (Å²) in [6.45, 7) is 0. The van der Waals surface area contributed by atoms with Crippen LogP contribution in [0.25, 0.3) is 0 Å². The summed E-state index contributed by atoms with van der Waals surface area (Å²) < 4.78 is 5.67. The maximum Gasteiger partial charge on any atom is 0.255 e. The molecular weight excluding hydrogens is 318 g/mol. The lowest BCUT2D eigenvalue weighted by molar-refractivity contribution is -0.255. The number of aromatic carboxylic acids is 1. The Bertz CT molecular complexity index is 872. The molecule has 0 saturated heterocycles. The number of carboxylic acids is 1. The van der Waals surface area contributed by atoms with Crippen LogP contribution in [0.15, 0.2) is 78.9 Å². The van der Waals surface area contributed by atoms with E-state index in [0.29, 0.717) is 22.7 Å². The third-order valence-corrected chi connectivity index (χ3v) is 3.47. The van der Waals surface area contributed by atoms with E-state index in [1.54, 1.807) is 24.3 Å². The second-order valence-electron chi connectivity index (χ2n) is 5.26. The highest BCUT2D eigenvalue weighted by Crippen LogP contribution is 2.21. The molecule has 0 spiro atoms. The van der Waals surface area contributed by atoms with Gasteiger partial charge in [-0.05, 0) is 54.1 Å². The van der Waals surface area contributed by atoms with Crippen LogP contribution in [0.4, 0.5) is 5.69 Å². The molecule has 0 heterocycles. The Balaban J connectivity index is 1.65. The quantitative estimate of drug-likeness (QED) is 0.779. The fourth-order valence-corrected chi connectivity index (χ4v) is 2.19. The number of hydrogen-bond donors (Lipinski definition) is 1. The molecule has 0 unspecified atom stereocenters. The highest BCUT2D eigenvalue weighted by Gasteiger charge is 2.07. The van der Waals surface area contributed by atoms with Crippen molar-refractivity contribution in [2.75, 3.05) is 5.32 Å². The molecule has 3 aromatic rings. The van der Waals surface area contributed by atoms with Crippen LogP contribution in [0.2, 0.25) is 0 Å². The first-order valence-corrected chi connectivity index (χ1v) is 7.57. The molecule has 3 aromatic carbocycles. The minimum Gasteiger partial charge on any atom is -0.545 e. The van der Waals surface area contributed by atoms with Gasteiger partial charge in [0.2, 0.25) is 0 Å². The van der Waals surface area contributed by atoms with Crippen molar-refractivity contribution in [2.24, 2.45) is 0 Å². The SMILES string of the molecule is O=C([O-])c1ccc(NC(=O)c2ccc(Oc3ccccc3)cc2)cc1. The molecule has 1 N–H and O–H groups in total. The summed E-state index contributed by atoms with van der Waals surface area (Å²) in [5.41, 5.74) is 1.02. The van der Waals surface area contributed by atoms with E-state index >= 15 is 0 Å². The first-order chi connectivity index (χ1) is 12.1. The molecule has 0 aliphatic rings. The molecular formula is C20H14NO4-. The zero-order chi connectivity index (χ0) is 17.6. The van der Waals surface area contributed by atoms with Gasteiger partial charge in [-0.2, -0.15) is 0 Å². The number of carbonyl (C=O) groups is 2. The lowest BCUT2D eigenvalue weighted by atomic mass is 10.1. The summed E-state index contributed by atoms with van der Waals surface area (Å²) in [5, 5.41) is 13.4. The highest BCUT2D eigenvalue weighted by atomic mass is 16.5. The van der Waals surface area contributed by atoms with Gasteiger partial charge in [-0.1, -0.05) is 30.3 Å². The molecule has 0 atom stereocenters. The van der Waals surface area contributed by atoms with Crippen molar-refractivity contribution in [1.82, 2.24) is 0 Å². The number of carbonyl (C=O) groups excluding carboxylic acids is 2. The van der Waals surface area contributed by atoms with Crippen LogP contribution in [0, 0.1) is 0 Å². The first-order valence-electron chi connectivity index (χ1n) is 7.57. The van der Waals surface area contributed by atoms with Gasteiger partial charge >= 0.3 is 0 Å². The Labute approximate surface area is 144 Å². The number of carboxylic acid groups (broad SMARTS) is 1. The number of para-hydroxylation sites is 1. The Morgan fingerprint density at radius 1 is 0.720 bits per heavy atom.